The fourth-order valence-electron chi connectivity index (χ4n) is 2.64. The van der Waals surface area contributed by atoms with E-state index in [0.29, 0.717) is 5.75 Å². The normalized spacial score (nSPS) is 11.4. The molecule has 154 valence electrons. The first-order valence-corrected chi connectivity index (χ1v) is 9.51. The lowest BCUT2D eigenvalue weighted by atomic mass is 10.1. The van der Waals surface area contributed by atoms with Gasteiger partial charge < -0.3 is 4.74 Å². The molecule has 0 atom stereocenters. The number of nitriles is 1. The number of alkyl halides is 5. The lowest BCUT2D eigenvalue weighted by molar-refractivity contribution is -0.138. The van der Waals surface area contributed by atoms with Gasteiger partial charge in [-0.05, 0) is 35.9 Å². The molecule has 3 nitrogen and oxygen atoms in total. The molecule has 0 spiro atoms. The van der Waals surface area contributed by atoms with Crippen molar-refractivity contribution in [2.24, 2.45) is 0 Å². The van der Waals surface area contributed by atoms with Crippen LogP contribution in [0.4, 0.5) is 22.0 Å². The van der Waals surface area contributed by atoms with Gasteiger partial charge in [0.15, 0.2) is 0 Å². The minimum Gasteiger partial charge on any atom is -0.435 e. The van der Waals surface area contributed by atoms with E-state index in [-0.39, 0.29) is 22.0 Å². The topological polar surface area (TPSA) is 45.9 Å². The van der Waals surface area contributed by atoms with E-state index in [1.807, 2.05) is 18.2 Å². The van der Waals surface area contributed by atoms with Crippen LogP contribution in [0.25, 0.3) is 11.3 Å². The molecule has 0 bridgehead atoms. The Morgan fingerprint density at radius 1 is 1.03 bits per heavy atom. The van der Waals surface area contributed by atoms with Crippen LogP contribution < -0.4 is 4.74 Å². The van der Waals surface area contributed by atoms with Crippen molar-refractivity contribution >= 4 is 11.8 Å². The van der Waals surface area contributed by atoms with E-state index in [9.17, 15) is 27.2 Å². The number of hydrogen-bond acceptors (Lipinski definition) is 4. The van der Waals surface area contributed by atoms with Crippen molar-refractivity contribution < 1.29 is 26.7 Å². The first kappa shape index (κ1) is 21.6. The van der Waals surface area contributed by atoms with Gasteiger partial charge in [-0.2, -0.15) is 27.2 Å². The van der Waals surface area contributed by atoms with E-state index in [0.717, 1.165) is 23.4 Å². The Morgan fingerprint density at radius 2 is 1.70 bits per heavy atom. The summed E-state index contributed by atoms with van der Waals surface area (Å²) in [6.45, 7) is -3.01. The average Bonchev–Trinajstić information content (AvgIpc) is 2.71. The van der Waals surface area contributed by atoms with Crippen molar-refractivity contribution in [3.63, 3.8) is 0 Å². The van der Waals surface area contributed by atoms with E-state index in [1.54, 1.807) is 18.2 Å². The fourth-order valence-corrected chi connectivity index (χ4v) is 3.60. The van der Waals surface area contributed by atoms with Crippen LogP contribution in [0.5, 0.6) is 5.75 Å². The van der Waals surface area contributed by atoms with Gasteiger partial charge in [0.1, 0.15) is 16.8 Å². The predicted octanol–water partition coefficient (Wildman–Crippen LogP) is 6.53. The van der Waals surface area contributed by atoms with Gasteiger partial charge in [0.05, 0.1) is 16.8 Å². The van der Waals surface area contributed by atoms with E-state index >= 15 is 0 Å². The third-order valence-corrected chi connectivity index (χ3v) is 5.04. The van der Waals surface area contributed by atoms with Gasteiger partial charge in [-0.25, -0.2) is 4.98 Å². The monoisotopic (exact) mass is 436 g/mol. The highest BCUT2D eigenvalue weighted by Gasteiger charge is 2.36. The number of ether oxygens (including phenoxy) is 1. The third kappa shape index (κ3) is 5.27. The Hall–Kier alpha value is -3.12. The maximum atomic E-state index is 13.6. The minimum absolute atomic E-state index is 0.0273. The highest BCUT2D eigenvalue weighted by Crippen LogP contribution is 2.38. The van der Waals surface area contributed by atoms with Crippen molar-refractivity contribution in [2.75, 3.05) is 0 Å². The quantitative estimate of drug-likeness (QED) is 0.325. The molecule has 3 aromatic rings. The second kappa shape index (κ2) is 9.13. The zero-order valence-corrected chi connectivity index (χ0v) is 16.0. The van der Waals surface area contributed by atoms with Crippen molar-refractivity contribution in [3.8, 4) is 23.1 Å². The Bertz CT molecular complexity index is 1050. The summed E-state index contributed by atoms with van der Waals surface area (Å²) in [6, 6.07) is 16.5. The van der Waals surface area contributed by atoms with Crippen LogP contribution in [0.15, 0.2) is 65.7 Å². The highest BCUT2D eigenvalue weighted by molar-refractivity contribution is 7.98. The van der Waals surface area contributed by atoms with Crippen molar-refractivity contribution in [1.29, 1.82) is 5.26 Å². The lowest BCUT2D eigenvalue weighted by Gasteiger charge is -2.14. The largest absolute Gasteiger partial charge is 0.435 e. The predicted molar refractivity (Wildman–Crippen MR) is 102 cm³/mol. The fraction of sp³-hybridized carbons (Fsp3) is 0.143. The first-order chi connectivity index (χ1) is 14.3. The standard InChI is InChI=1S/C21H13F5N2OS/c22-20(23)29-15-8-6-14(7-9-15)18-10-17(21(24,25)26)16(11-27)19(28-18)30-12-13-4-2-1-3-5-13/h1-10,20H,12H2. The molecule has 0 N–H and O–H groups in total. The van der Waals surface area contributed by atoms with Crippen LogP contribution in [0.3, 0.4) is 0 Å². The van der Waals surface area contributed by atoms with Crippen LogP contribution in [0.1, 0.15) is 16.7 Å². The smallest absolute Gasteiger partial charge is 0.417 e. The maximum Gasteiger partial charge on any atom is 0.417 e. The molecule has 0 fully saturated rings. The molecule has 0 saturated heterocycles. The molecule has 0 aliphatic heterocycles. The van der Waals surface area contributed by atoms with Crippen LogP contribution in [-0.4, -0.2) is 11.6 Å². The summed E-state index contributed by atoms with van der Waals surface area (Å²) in [6.07, 6.45) is -4.76. The van der Waals surface area contributed by atoms with Gasteiger partial charge >= 0.3 is 12.8 Å². The van der Waals surface area contributed by atoms with Gasteiger partial charge in [-0.3, -0.25) is 0 Å². The Kier molecular flexibility index (Phi) is 6.57. The number of halogens is 5. The van der Waals surface area contributed by atoms with E-state index in [4.69, 9.17) is 0 Å². The van der Waals surface area contributed by atoms with Crippen LogP contribution in [0, 0.1) is 11.3 Å². The molecule has 9 heteroatoms. The molecule has 0 unspecified atom stereocenters. The molecule has 0 amide bonds. The Morgan fingerprint density at radius 3 is 2.27 bits per heavy atom. The van der Waals surface area contributed by atoms with Crippen LogP contribution in [0.2, 0.25) is 0 Å². The van der Waals surface area contributed by atoms with E-state index < -0.39 is 23.9 Å². The van der Waals surface area contributed by atoms with Gasteiger partial charge in [-0.1, -0.05) is 30.3 Å². The van der Waals surface area contributed by atoms with Crippen molar-refractivity contribution in [3.05, 3.63) is 77.4 Å². The molecule has 0 radical (unpaired) electrons. The summed E-state index contributed by atoms with van der Waals surface area (Å²) < 4.78 is 69.6. The number of rotatable bonds is 6. The van der Waals surface area contributed by atoms with Gasteiger partial charge in [-0.15, -0.1) is 11.8 Å². The van der Waals surface area contributed by atoms with Crippen molar-refractivity contribution in [2.45, 2.75) is 23.6 Å². The molecule has 1 aromatic heterocycles. The average molecular weight is 436 g/mol. The molecular formula is C21H13F5N2OS. The Labute approximate surface area is 173 Å². The summed E-state index contributed by atoms with van der Waals surface area (Å²) >= 11 is 1.02. The van der Waals surface area contributed by atoms with Crippen LogP contribution >= 0.6 is 11.8 Å². The van der Waals surface area contributed by atoms with Gasteiger partial charge in [0, 0.05) is 11.3 Å². The van der Waals surface area contributed by atoms with Gasteiger partial charge in [0.2, 0.25) is 0 Å². The SMILES string of the molecule is N#Cc1c(C(F)(F)F)cc(-c2ccc(OC(F)F)cc2)nc1SCc1ccccc1. The summed E-state index contributed by atoms with van der Waals surface area (Å²) in [5, 5.41) is 9.29. The zero-order chi connectivity index (χ0) is 21.7. The molecular weight excluding hydrogens is 423 g/mol. The number of thioether (sulfide) groups is 1. The molecule has 1 heterocycles. The number of hydrogen-bond donors (Lipinski definition) is 0. The van der Waals surface area contributed by atoms with Crippen molar-refractivity contribution in [1.82, 2.24) is 4.98 Å². The summed E-state index contributed by atoms with van der Waals surface area (Å²) in [4.78, 5) is 4.25. The second-order valence-corrected chi connectivity index (χ2v) is 6.99. The second-order valence-electron chi connectivity index (χ2n) is 6.02. The third-order valence-electron chi connectivity index (χ3n) is 4.00. The summed E-state index contributed by atoms with van der Waals surface area (Å²) in [5.41, 5.74) is -0.544. The maximum absolute atomic E-state index is 13.6. The molecule has 2 aromatic carbocycles. The molecule has 0 saturated carbocycles. The molecule has 3 rings (SSSR count). The zero-order valence-electron chi connectivity index (χ0n) is 15.2. The summed E-state index contributed by atoms with van der Waals surface area (Å²) in [5.74, 6) is 0.196. The Balaban J connectivity index is 2.02. The number of pyridine rings is 1. The number of benzene rings is 2. The number of aromatic nitrogens is 1. The molecule has 0 aliphatic carbocycles. The van der Waals surface area contributed by atoms with E-state index in [2.05, 4.69) is 9.72 Å². The number of nitrogens with zero attached hydrogens (tertiary/aromatic N) is 2. The highest BCUT2D eigenvalue weighted by atomic mass is 32.2. The lowest BCUT2D eigenvalue weighted by Crippen LogP contribution is -2.10. The first-order valence-electron chi connectivity index (χ1n) is 8.52. The minimum atomic E-state index is -4.76. The molecule has 30 heavy (non-hydrogen) atoms. The van der Waals surface area contributed by atoms with E-state index in [1.165, 1.54) is 24.3 Å². The summed E-state index contributed by atoms with van der Waals surface area (Å²) in [7, 11) is 0. The van der Waals surface area contributed by atoms with Gasteiger partial charge in [0.25, 0.3) is 0 Å². The van der Waals surface area contributed by atoms with Crippen LogP contribution in [-0.2, 0) is 11.9 Å². The molecule has 0 aliphatic rings.